The van der Waals surface area contributed by atoms with E-state index in [0.29, 0.717) is 6.04 Å². The van der Waals surface area contributed by atoms with Crippen molar-refractivity contribution >= 4 is 0 Å². The molecule has 1 aliphatic heterocycles. The zero-order chi connectivity index (χ0) is 10.3. The highest BCUT2D eigenvalue weighted by molar-refractivity contribution is 5.20. The Balaban J connectivity index is 1.66. The second kappa shape index (κ2) is 5.73. The van der Waals surface area contributed by atoms with E-state index < -0.39 is 0 Å². The molecule has 1 saturated heterocycles. The summed E-state index contributed by atoms with van der Waals surface area (Å²) in [5.74, 6) is 0.960. The fraction of sp³-hybridized carbons (Fsp3) is 0.500. The standard InChI is InChI=1S/C12H18N2O/c1-2-4-12(5-3-1)15-9-6-11-10-13-7-8-14-11/h1-5,11,13-14H,6-10H2. The lowest BCUT2D eigenvalue weighted by molar-refractivity contribution is 0.273. The Kier molecular flexibility index (Phi) is 4.00. The Labute approximate surface area is 90.8 Å². The highest BCUT2D eigenvalue weighted by Crippen LogP contribution is 2.08. The van der Waals surface area contributed by atoms with Crippen LogP contribution in [0.5, 0.6) is 5.75 Å². The maximum absolute atomic E-state index is 5.64. The molecule has 1 aromatic rings. The summed E-state index contributed by atoms with van der Waals surface area (Å²) >= 11 is 0. The summed E-state index contributed by atoms with van der Waals surface area (Å²) in [6.07, 6.45) is 1.06. The Morgan fingerprint density at radius 2 is 2.07 bits per heavy atom. The van der Waals surface area contributed by atoms with E-state index in [1.807, 2.05) is 30.3 Å². The van der Waals surface area contributed by atoms with Crippen molar-refractivity contribution in [1.29, 1.82) is 0 Å². The average Bonchev–Trinajstić information content (AvgIpc) is 2.32. The largest absolute Gasteiger partial charge is 0.494 e. The quantitative estimate of drug-likeness (QED) is 0.771. The van der Waals surface area contributed by atoms with E-state index in [-0.39, 0.29) is 0 Å². The number of rotatable bonds is 4. The third-order valence-electron chi connectivity index (χ3n) is 2.60. The van der Waals surface area contributed by atoms with E-state index >= 15 is 0 Å². The highest BCUT2D eigenvalue weighted by atomic mass is 16.5. The van der Waals surface area contributed by atoms with Gasteiger partial charge in [0, 0.05) is 25.7 Å². The Morgan fingerprint density at radius 1 is 1.20 bits per heavy atom. The maximum atomic E-state index is 5.64. The Morgan fingerprint density at radius 3 is 2.80 bits per heavy atom. The summed E-state index contributed by atoms with van der Waals surface area (Å²) in [4.78, 5) is 0. The van der Waals surface area contributed by atoms with Crippen LogP contribution in [0.4, 0.5) is 0 Å². The molecule has 15 heavy (non-hydrogen) atoms. The highest BCUT2D eigenvalue weighted by Gasteiger charge is 2.11. The summed E-state index contributed by atoms with van der Waals surface area (Å²) < 4.78 is 5.64. The Hall–Kier alpha value is -1.06. The predicted octanol–water partition coefficient (Wildman–Crippen LogP) is 1.02. The Bertz CT molecular complexity index is 270. The minimum atomic E-state index is 0.558. The van der Waals surface area contributed by atoms with Crippen LogP contribution in [0.2, 0.25) is 0 Å². The van der Waals surface area contributed by atoms with Gasteiger partial charge in [0.1, 0.15) is 5.75 Å². The van der Waals surface area contributed by atoms with Crippen LogP contribution in [0.3, 0.4) is 0 Å². The SMILES string of the molecule is c1ccc(OCCC2CNCCN2)cc1. The van der Waals surface area contributed by atoms with Crippen LogP contribution >= 0.6 is 0 Å². The van der Waals surface area contributed by atoms with Crippen molar-refractivity contribution in [2.75, 3.05) is 26.2 Å². The van der Waals surface area contributed by atoms with Gasteiger partial charge in [-0.2, -0.15) is 0 Å². The van der Waals surface area contributed by atoms with E-state index in [2.05, 4.69) is 10.6 Å². The van der Waals surface area contributed by atoms with Gasteiger partial charge < -0.3 is 15.4 Å². The number of piperazine rings is 1. The molecule has 0 amide bonds. The van der Waals surface area contributed by atoms with Crippen LogP contribution in [0.1, 0.15) is 6.42 Å². The molecule has 1 atom stereocenters. The zero-order valence-electron chi connectivity index (χ0n) is 8.91. The molecule has 2 rings (SSSR count). The van der Waals surface area contributed by atoms with Gasteiger partial charge in [-0.3, -0.25) is 0 Å². The molecule has 1 heterocycles. The maximum Gasteiger partial charge on any atom is 0.119 e. The number of ether oxygens (including phenoxy) is 1. The van der Waals surface area contributed by atoms with Gasteiger partial charge in [0.05, 0.1) is 6.61 Å². The normalized spacial score (nSPS) is 21.2. The van der Waals surface area contributed by atoms with Crippen molar-refractivity contribution in [3.63, 3.8) is 0 Å². The zero-order valence-corrected chi connectivity index (χ0v) is 8.91. The first-order chi connectivity index (χ1) is 7.45. The fourth-order valence-corrected chi connectivity index (χ4v) is 1.75. The van der Waals surface area contributed by atoms with Gasteiger partial charge in [-0.25, -0.2) is 0 Å². The third kappa shape index (κ3) is 3.53. The van der Waals surface area contributed by atoms with Gasteiger partial charge in [-0.15, -0.1) is 0 Å². The van der Waals surface area contributed by atoms with Gasteiger partial charge >= 0.3 is 0 Å². The molecule has 0 spiro atoms. The number of hydrogen-bond donors (Lipinski definition) is 2. The van der Waals surface area contributed by atoms with Crippen molar-refractivity contribution < 1.29 is 4.74 Å². The molecule has 1 aromatic carbocycles. The molecule has 1 aliphatic rings. The summed E-state index contributed by atoms with van der Waals surface area (Å²) in [5, 5.41) is 6.83. The number of benzene rings is 1. The van der Waals surface area contributed by atoms with E-state index in [4.69, 9.17) is 4.74 Å². The minimum absolute atomic E-state index is 0.558. The van der Waals surface area contributed by atoms with Crippen LogP contribution in [0.25, 0.3) is 0 Å². The summed E-state index contributed by atoms with van der Waals surface area (Å²) in [7, 11) is 0. The van der Waals surface area contributed by atoms with Crippen molar-refractivity contribution in [2.45, 2.75) is 12.5 Å². The third-order valence-corrected chi connectivity index (χ3v) is 2.60. The number of hydrogen-bond acceptors (Lipinski definition) is 3. The lowest BCUT2D eigenvalue weighted by Crippen LogP contribution is -2.48. The first kappa shape index (κ1) is 10.5. The van der Waals surface area contributed by atoms with Crippen LogP contribution in [-0.2, 0) is 0 Å². The molecule has 0 bridgehead atoms. The van der Waals surface area contributed by atoms with Crippen molar-refractivity contribution in [2.24, 2.45) is 0 Å². The molecule has 0 saturated carbocycles. The predicted molar refractivity (Wildman–Crippen MR) is 61.2 cm³/mol. The van der Waals surface area contributed by atoms with E-state index in [1.54, 1.807) is 0 Å². The molecular formula is C12H18N2O. The molecule has 1 unspecified atom stereocenters. The van der Waals surface area contributed by atoms with Gasteiger partial charge in [-0.1, -0.05) is 18.2 Å². The second-order valence-electron chi connectivity index (χ2n) is 3.81. The lowest BCUT2D eigenvalue weighted by Gasteiger charge is -2.24. The first-order valence-electron chi connectivity index (χ1n) is 5.57. The molecule has 1 fully saturated rings. The number of nitrogens with one attached hydrogen (secondary N) is 2. The monoisotopic (exact) mass is 206 g/mol. The topological polar surface area (TPSA) is 33.3 Å². The van der Waals surface area contributed by atoms with Gasteiger partial charge in [0.25, 0.3) is 0 Å². The summed E-state index contributed by atoms with van der Waals surface area (Å²) in [5.41, 5.74) is 0. The van der Waals surface area contributed by atoms with Crippen molar-refractivity contribution in [3.8, 4) is 5.75 Å². The van der Waals surface area contributed by atoms with Crippen LogP contribution in [0.15, 0.2) is 30.3 Å². The van der Waals surface area contributed by atoms with E-state index in [0.717, 1.165) is 38.4 Å². The molecule has 2 N–H and O–H groups in total. The summed E-state index contributed by atoms with van der Waals surface area (Å²) in [6, 6.07) is 10.5. The van der Waals surface area contributed by atoms with Gasteiger partial charge in [-0.05, 0) is 18.6 Å². The van der Waals surface area contributed by atoms with Crippen LogP contribution < -0.4 is 15.4 Å². The average molecular weight is 206 g/mol. The van der Waals surface area contributed by atoms with E-state index in [9.17, 15) is 0 Å². The van der Waals surface area contributed by atoms with E-state index in [1.165, 1.54) is 0 Å². The molecule has 0 radical (unpaired) electrons. The minimum Gasteiger partial charge on any atom is -0.494 e. The fourth-order valence-electron chi connectivity index (χ4n) is 1.75. The van der Waals surface area contributed by atoms with Crippen molar-refractivity contribution in [1.82, 2.24) is 10.6 Å². The lowest BCUT2D eigenvalue weighted by atomic mass is 10.2. The molecule has 0 aliphatic carbocycles. The van der Waals surface area contributed by atoms with Gasteiger partial charge in [0.2, 0.25) is 0 Å². The van der Waals surface area contributed by atoms with Crippen molar-refractivity contribution in [3.05, 3.63) is 30.3 Å². The summed E-state index contributed by atoms with van der Waals surface area (Å²) in [6.45, 7) is 3.98. The smallest absolute Gasteiger partial charge is 0.119 e. The number of para-hydroxylation sites is 1. The van der Waals surface area contributed by atoms with Crippen LogP contribution in [0, 0.1) is 0 Å². The molecule has 0 aromatic heterocycles. The molecule has 3 heteroatoms. The molecular weight excluding hydrogens is 188 g/mol. The molecule has 82 valence electrons. The second-order valence-corrected chi connectivity index (χ2v) is 3.81. The first-order valence-corrected chi connectivity index (χ1v) is 5.57. The van der Waals surface area contributed by atoms with Gasteiger partial charge in [0.15, 0.2) is 0 Å². The molecule has 3 nitrogen and oxygen atoms in total. The van der Waals surface area contributed by atoms with Crippen LogP contribution in [-0.4, -0.2) is 32.3 Å².